The van der Waals surface area contributed by atoms with Crippen LogP contribution in [0.5, 0.6) is 0 Å². The number of nitrogens with zero attached hydrogens (tertiary/aromatic N) is 4. The van der Waals surface area contributed by atoms with Crippen molar-refractivity contribution in [2.45, 2.75) is 57.3 Å². The number of nitrogens with two attached hydrogens (primary N) is 1. The van der Waals surface area contributed by atoms with Gasteiger partial charge in [-0.25, -0.2) is 0 Å². The molecule has 0 unspecified atom stereocenters. The number of nitrogens with one attached hydrogen (secondary N) is 1. The number of hydrogen-bond acceptors (Lipinski definition) is 7. The smallest absolute Gasteiger partial charge is 0.226 e. The van der Waals surface area contributed by atoms with E-state index in [1.807, 2.05) is 24.3 Å². The Labute approximate surface area is 245 Å². The number of halogens is 3. The van der Waals surface area contributed by atoms with Crippen molar-refractivity contribution in [3.8, 4) is 0 Å². The lowest BCUT2D eigenvalue weighted by Crippen LogP contribution is -2.58. The molecule has 0 aliphatic carbocycles. The molecule has 0 radical (unpaired) electrons. The Kier molecular flexibility index (Phi) is 9.04. The number of rotatable bonds is 8. The first-order chi connectivity index (χ1) is 18.8. The van der Waals surface area contributed by atoms with Crippen LogP contribution in [0.3, 0.4) is 0 Å². The van der Waals surface area contributed by atoms with Crippen LogP contribution in [0.4, 0.5) is 17.3 Å². The van der Waals surface area contributed by atoms with Crippen molar-refractivity contribution in [3.63, 3.8) is 0 Å². The number of hydrogen-bond donors (Lipinski definition) is 2. The van der Waals surface area contributed by atoms with Crippen LogP contribution in [0.15, 0.2) is 48.5 Å². The molecule has 39 heavy (non-hydrogen) atoms. The quantitative estimate of drug-likeness (QED) is 0.283. The highest BCUT2D eigenvalue weighted by Gasteiger charge is 2.37. The molecular weight excluding hydrogens is 555 g/mol. The van der Waals surface area contributed by atoms with Crippen LogP contribution < -0.4 is 16.0 Å². The number of nitrogen functional groups attached to an aromatic ring is 1. The van der Waals surface area contributed by atoms with Gasteiger partial charge in [0.2, 0.25) is 5.28 Å². The van der Waals surface area contributed by atoms with Gasteiger partial charge in [0.15, 0.2) is 11.6 Å². The van der Waals surface area contributed by atoms with Crippen LogP contribution in [0.25, 0.3) is 0 Å². The normalized spacial score (nSPS) is 22.0. The standard InChI is InChI=1S/C29H35Cl3N6O/c1-3-23-17-37(28-25(33)27(35-29(32)36-28)34-15-24-5-4-14-39-24)18(2)16-38(23)26(19-6-10-21(30)11-7-19)20-8-12-22(31)13-9-20/h6-13,18,23-24,26H,3-5,14-17,33H2,1-2H3,(H,34,35,36)/t18-,23+,24-/m0/s1. The van der Waals surface area contributed by atoms with Crippen molar-refractivity contribution >= 4 is 52.1 Å². The molecule has 2 aliphatic rings. The van der Waals surface area contributed by atoms with Gasteiger partial charge in [-0.05, 0) is 73.2 Å². The summed E-state index contributed by atoms with van der Waals surface area (Å²) < 4.78 is 5.75. The van der Waals surface area contributed by atoms with E-state index in [9.17, 15) is 0 Å². The van der Waals surface area contributed by atoms with E-state index < -0.39 is 0 Å². The molecule has 7 nitrogen and oxygen atoms in total. The van der Waals surface area contributed by atoms with Gasteiger partial charge >= 0.3 is 0 Å². The summed E-state index contributed by atoms with van der Waals surface area (Å²) in [5.74, 6) is 1.23. The lowest BCUT2D eigenvalue weighted by molar-refractivity contribution is 0.115. The summed E-state index contributed by atoms with van der Waals surface area (Å²) in [5.41, 5.74) is 9.54. The van der Waals surface area contributed by atoms with Crippen LogP contribution in [-0.2, 0) is 4.74 Å². The molecule has 2 aliphatic heterocycles. The Balaban J connectivity index is 1.44. The van der Waals surface area contributed by atoms with E-state index in [4.69, 9.17) is 45.3 Å². The number of anilines is 3. The molecule has 208 valence electrons. The Morgan fingerprint density at radius 3 is 2.21 bits per heavy atom. The Hall–Kier alpha value is -2.29. The number of ether oxygens (including phenoxy) is 1. The molecule has 3 atom stereocenters. The minimum atomic E-state index is 0.0454. The van der Waals surface area contributed by atoms with Gasteiger partial charge in [-0.1, -0.05) is 54.4 Å². The minimum absolute atomic E-state index is 0.0454. The fourth-order valence-corrected chi connectivity index (χ4v) is 6.12. The number of benzene rings is 2. The molecule has 3 N–H and O–H groups in total. The molecule has 0 bridgehead atoms. The van der Waals surface area contributed by atoms with Gasteiger partial charge < -0.3 is 20.7 Å². The summed E-state index contributed by atoms with van der Waals surface area (Å²) >= 11 is 18.9. The Bertz CT molecular complexity index is 1210. The summed E-state index contributed by atoms with van der Waals surface area (Å²) in [4.78, 5) is 13.8. The van der Waals surface area contributed by atoms with Crippen LogP contribution in [-0.4, -0.2) is 59.3 Å². The van der Waals surface area contributed by atoms with Crippen molar-refractivity contribution in [2.24, 2.45) is 0 Å². The highest BCUT2D eigenvalue weighted by Crippen LogP contribution is 2.38. The van der Waals surface area contributed by atoms with Gasteiger partial charge in [0, 0.05) is 48.4 Å². The average molecular weight is 590 g/mol. The molecule has 3 aromatic rings. The topological polar surface area (TPSA) is 79.5 Å². The largest absolute Gasteiger partial charge is 0.393 e. The average Bonchev–Trinajstić information content (AvgIpc) is 3.45. The molecule has 5 rings (SSSR count). The Morgan fingerprint density at radius 1 is 1.00 bits per heavy atom. The maximum atomic E-state index is 6.65. The summed E-state index contributed by atoms with van der Waals surface area (Å²) in [7, 11) is 0. The SMILES string of the molecule is CC[C@@H]1CN(c2nc(Cl)nc(NC[C@@H]3CCCO3)c2N)[C@@H](C)CN1C(c1ccc(Cl)cc1)c1ccc(Cl)cc1. The fourth-order valence-electron chi connectivity index (χ4n) is 5.71. The van der Waals surface area contributed by atoms with E-state index in [1.54, 1.807) is 0 Å². The van der Waals surface area contributed by atoms with Crippen molar-refractivity contribution in [1.29, 1.82) is 0 Å². The van der Waals surface area contributed by atoms with Gasteiger partial charge in [-0.15, -0.1) is 0 Å². The van der Waals surface area contributed by atoms with Gasteiger partial charge in [0.05, 0.1) is 12.1 Å². The molecule has 10 heteroatoms. The second-order valence-electron chi connectivity index (χ2n) is 10.4. The molecular formula is C29H35Cl3N6O. The van der Waals surface area contributed by atoms with Crippen LogP contribution in [0.1, 0.15) is 50.3 Å². The minimum Gasteiger partial charge on any atom is -0.393 e. The molecule has 0 amide bonds. The highest BCUT2D eigenvalue weighted by molar-refractivity contribution is 6.30. The maximum Gasteiger partial charge on any atom is 0.226 e. The predicted molar refractivity (Wildman–Crippen MR) is 161 cm³/mol. The molecule has 0 spiro atoms. The van der Waals surface area contributed by atoms with Gasteiger partial charge in [0.25, 0.3) is 0 Å². The second-order valence-corrected chi connectivity index (χ2v) is 11.6. The molecule has 1 aromatic heterocycles. The third kappa shape index (κ3) is 6.39. The fraction of sp³-hybridized carbons (Fsp3) is 0.448. The van der Waals surface area contributed by atoms with E-state index in [0.717, 1.165) is 49.0 Å². The highest BCUT2D eigenvalue weighted by atomic mass is 35.5. The summed E-state index contributed by atoms with van der Waals surface area (Å²) in [6.45, 7) is 7.41. The summed E-state index contributed by atoms with van der Waals surface area (Å²) in [6, 6.07) is 16.7. The lowest BCUT2D eigenvalue weighted by Gasteiger charge is -2.49. The van der Waals surface area contributed by atoms with Crippen molar-refractivity contribution in [2.75, 3.05) is 42.2 Å². The van der Waals surface area contributed by atoms with Crippen molar-refractivity contribution < 1.29 is 4.74 Å². The number of aromatic nitrogens is 2. The van der Waals surface area contributed by atoms with E-state index in [2.05, 4.69) is 63.2 Å². The zero-order valence-electron chi connectivity index (χ0n) is 22.3. The maximum absolute atomic E-state index is 6.65. The van der Waals surface area contributed by atoms with Crippen molar-refractivity contribution in [1.82, 2.24) is 14.9 Å². The summed E-state index contributed by atoms with van der Waals surface area (Å²) in [5, 5.41) is 4.97. The second kappa shape index (κ2) is 12.5. The van der Waals surface area contributed by atoms with Crippen molar-refractivity contribution in [3.05, 3.63) is 75.0 Å². The first-order valence-corrected chi connectivity index (χ1v) is 14.7. The predicted octanol–water partition coefficient (Wildman–Crippen LogP) is 6.69. The molecule has 2 saturated heterocycles. The summed E-state index contributed by atoms with van der Waals surface area (Å²) in [6.07, 6.45) is 3.21. The first-order valence-electron chi connectivity index (χ1n) is 13.6. The zero-order valence-corrected chi connectivity index (χ0v) is 24.6. The number of piperazine rings is 1. The molecule has 2 aromatic carbocycles. The van der Waals surface area contributed by atoms with Crippen LogP contribution in [0, 0.1) is 0 Å². The zero-order chi connectivity index (χ0) is 27.5. The van der Waals surface area contributed by atoms with Gasteiger partial charge in [-0.2, -0.15) is 9.97 Å². The van der Waals surface area contributed by atoms with E-state index in [-0.39, 0.29) is 29.5 Å². The first kappa shape index (κ1) is 28.2. The monoisotopic (exact) mass is 588 g/mol. The van der Waals surface area contributed by atoms with Gasteiger partial charge in [0.1, 0.15) is 5.69 Å². The van der Waals surface area contributed by atoms with E-state index in [1.165, 1.54) is 11.1 Å². The molecule has 0 saturated carbocycles. The van der Waals surface area contributed by atoms with Crippen LogP contribution >= 0.6 is 34.8 Å². The Morgan fingerprint density at radius 2 is 1.64 bits per heavy atom. The van der Waals surface area contributed by atoms with E-state index >= 15 is 0 Å². The van der Waals surface area contributed by atoms with E-state index in [0.29, 0.717) is 23.9 Å². The lowest BCUT2D eigenvalue weighted by atomic mass is 9.92. The third-order valence-electron chi connectivity index (χ3n) is 7.75. The molecule has 2 fully saturated rings. The van der Waals surface area contributed by atoms with Crippen LogP contribution in [0.2, 0.25) is 15.3 Å². The molecule has 3 heterocycles. The third-order valence-corrected chi connectivity index (χ3v) is 8.42. The van der Waals surface area contributed by atoms with Gasteiger partial charge in [-0.3, -0.25) is 4.90 Å².